The monoisotopic (exact) mass is 864 g/mol. The number of benzene rings is 6. The number of hydrogen-bond donors (Lipinski definition) is 0. The van der Waals surface area contributed by atoms with Crippen molar-refractivity contribution in [1.82, 2.24) is 0 Å². The summed E-state index contributed by atoms with van der Waals surface area (Å²) >= 11 is 1.65. The van der Waals surface area contributed by atoms with Crippen molar-refractivity contribution in [2.75, 3.05) is 0 Å². The average molecular weight is 867 g/mol. The molecule has 0 heterocycles. The van der Waals surface area contributed by atoms with Crippen molar-refractivity contribution < 1.29 is 48.1 Å². The van der Waals surface area contributed by atoms with Gasteiger partial charge in [-0.25, -0.2) is 12.2 Å². The summed E-state index contributed by atoms with van der Waals surface area (Å²) in [6.07, 6.45) is 10.0. The summed E-state index contributed by atoms with van der Waals surface area (Å²) in [5.74, 6) is 0. The van der Waals surface area contributed by atoms with Crippen LogP contribution in [0.1, 0.15) is 70.2 Å². The fourth-order valence-corrected chi connectivity index (χ4v) is 11.1. The van der Waals surface area contributed by atoms with E-state index in [2.05, 4.69) is 207 Å². The van der Waals surface area contributed by atoms with Gasteiger partial charge in [-0.15, -0.1) is 46.2 Å². The summed E-state index contributed by atoms with van der Waals surface area (Å²) in [4.78, 5) is 0. The molecule has 0 fully saturated rings. The van der Waals surface area contributed by atoms with Crippen LogP contribution in [0.15, 0.2) is 158 Å². The van der Waals surface area contributed by atoms with E-state index in [-0.39, 0.29) is 35.6 Å². The molecule has 0 N–H and O–H groups in total. The first-order chi connectivity index (χ1) is 25.8. The van der Waals surface area contributed by atoms with Crippen LogP contribution >= 0.6 is 0 Å². The second-order valence-electron chi connectivity index (χ2n) is 16.5. The van der Waals surface area contributed by atoms with Crippen LogP contribution in [-0.4, -0.2) is 5.43 Å². The summed E-state index contributed by atoms with van der Waals surface area (Å²) in [7, 11) is 0. The van der Waals surface area contributed by atoms with E-state index in [1.54, 1.807) is 23.3 Å². The fraction of sp³-hybridized carbons (Fsp3) is 0.212. The van der Waals surface area contributed by atoms with Gasteiger partial charge in [-0.1, -0.05) is 114 Å². The van der Waals surface area contributed by atoms with Gasteiger partial charge in [0.2, 0.25) is 0 Å². The minimum Gasteiger partial charge on any atom is -1.00 e. The molecule has 0 bridgehead atoms. The molecule has 0 atom stereocenters. The molecule has 56 heavy (non-hydrogen) atoms. The van der Waals surface area contributed by atoms with Crippen molar-refractivity contribution in [3.8, 4) is 22.3 Å². The third-order valence-electron chi connectivity index (χ3n) is 9.97. The molecule has 1 aliphatic carbocycles. The first-order valence-electron chi connectivity index (χ1n) is 19.1. The van der Waals surface area contributed by atoms with Gasteiger partial charge in [0.15, 0.2) is 0 Å². The van der Waals surface area contributed by atoms with Gasteiger partial charge in [-0.3, -0.25) is 6.08 Å². The van der Waals surface area contributed by atoms with Gasteiger partial charge in [0, 0.05) is 0 Å². The van der Waals surface area contributed by atoms with Crippen LogP contribution in [0.2, 0.25) is 0 Å². The quantitative estimate of drug-likeness (QED) is 0.134. The Labute approximate surface area is 363 Å². The number of hydrogen-bond acceptors (Lipinski definition) is 0. The third-order valence-corrected chi connectivity index (χ3v) is 16.0. The number of allylic oxidation sites excluding steroid dienone is 4. The molecule has 8 rings (SSSR count). The molecule has 0 nitrogen and oxygen atoms in total. The van der Waals surface area contributed by atoms with E-state index in [0.29, 0.717) is 0 Å². The fourth-order valence-electron chi connectivity index (χ4n) is 7.17. The predicted molar refractivity (Wildman–Crippen MR) is 234 cm³/mol. The molecule has 0 spiro atoms. The summed E-state index contributed by atoms with van der Waals surface area (Å²) < 4.78 is 0. The largest absolute Gasteiger partial charge is 1.00 e. The Morgan fingerprint density at radius 2 is 0.982 bits per heavy atom. The van der Waals surface area contributed by atoms with E-state index in [4.69, 9.17) is 0 Å². The molecule has 0 saturated heterocycles. The van der Waals surface area contributed by atoms with Crippen LogP contribution in [0, 0.1) is 19.9 Å². The maximum Gasteiger partial charge on any atom is -0.109 e. The van der Waals surface area contributed by atoms with Crippen LogP contribution in [0.4, 0.5) is 0 Å². The minimum absolute atomic E-state index is 0. The van der Waals surface area contributed by atoms with Crippen molar-refractivity contribution in [3.05, 3.63) is 186 Å². The Bertz CT molecular complexity index is 2290. The Kier molecular flexibility index (Phi) is 15.8. The van der Waals surface area contributed by atoms with Crippen LogP contribution in [0.25, 0.3) is 43.8 Å². The SMILES string of the molecule is CC(C)(C)c1cc2c(cc1-c1ccccc1)[cH-]c1cc(-c3ccccc3)c(C(C)(C)C)cc12.Cc1cccc([Si](=[Zr+2])c2cccc(C)c2)c1.[C-]1=CC=CC1.[Cl-].[Cl-]. The van der Waals surface area contributed by atoms with E-state index in [1.165, 1.54) is 76.4 Å². The zero-order chi connectivity index (χ0) is 38.5. The molecule has 0 radical (unpaired) electrons. The number of fused-ring (bicyclic) bond motifs is 3. The summed E-state index contributed by atoms with van der Waals surface area (Å²) in [5, 5.41) is 8.44. The summed E-state index contributed by atoms with van der Waals surface area (Å²) in [5.41, 5.74) is 10.4. The van der Waals surface area contributed by atoms with Gasteiger partial charge in [-0.2, -0.15) is 6.08 Å². The number of aryl methyl sites for hydroxylation is 2. The van der Waals surface area contributed by atoms with Crippen LogP contribution in [0.5, 0.6) is 0 Å². The molecule has 7 aromatic carbocycles. The van der Waals surface area contributed by atoms with Crippen molar-refractivity contribution in [2.45, 2.75) is 72.6 Å². The second kappa shape index (κ2) is 19.7. The molecule has 0 amide bonds. The zero-order valence-corrected chi connectivity index (χ0v) is 38.9. The van der Waals surface area contributed by atoms with Crippen LogP contribution in [-0.2, 0) is 34.2 Å². The topological polar surface area (TPSA) is 0 Å². The van der Waals surface area contributed by atoms with E-state index in [9.17, 15) is 0 Å². The van der Waals surface area contributed by atoms with Gasteiger partial charge in [-0.05, 0) is 44.2 Å². The Balaban J connectivity index is 0.000000252. The summed E-state index contributed by atoms with van der Waals surface area (Å²) in [6, 6.07) is 51.6. The average Bonchev–Trinajstić information content (AvgIpc) is 3.86. The van der Waals surface area contributed by atoms with E-state index in [0.717, 1.165) is 6.42 Å². The molecule has 7 aromatic rings. The van der Waals surface area contributed by atoms with Crippen LogP contribution in [0.3, 0.4) is 0 Å². The smallest absolute Gasteiger partial charge is 0.109 e. The van der Waals surface area contributed by atoms with Gasteiger partial charge in [0.1, 0.15) is 0 Å². The van der Waals surface area contributed by atoms with Crippen molar-refractivity contribution in [1.29, 1.82) is 0 Å². The first-order valence-corrected chi connectivity index (χ1v) is 24.3. The van der Waals surface area contributed by atoms with Gasteiger partial charge in [0.25, 0.3) is 0 Å². The van der Waals surface area contributed by atoms with E-state index >= 15 is 0 Å². The van der Waals surface area contributed by atoms with Gasteiger partial charge >= 0.3 is 113 Å². The number of rotatable bonds is 4. The second-order valence-corrected chi connectivity index (χ2v) is 22.1. The molecular weight excluding hydrogens is 815 g/mol. The van der Waals surface area contributed by atoms with Crippen molar-refractivity contribution in [2.24, 2.45) is 0 Å². The Morgan fingerprint density at radius 3 is 1.30 bits per heavy atom. The van der Waals surface area contributed by atoms with Crippen molar-refractivity contribution >= 4 is 37.4 Å². The maximum absolute atomic E-state index is 2.99. The molecule has 284 valence electrons. The van der Waals surface area contributed by atoms with Gasteiger partial charge < -0.3 is 24.8 Å². The number of halogens is 2. The van der Waals surface area contributed by atoms with Crippen molar-refractivity contribution in [3.63, 3.8) is 0 Å². The first kappa shape index (κ1) is 45.1. The molecule has 0 aromatic heterocycles. The van der Waals surface area contributed by atoms with E-state index in [1.807, 2.05) is 12.2 Å². The maximum atomic E-state index is 2.99. The van der Waals surface area contributed by atoms with Crippen LogP contribution < -0.4 is 35.2 Å². The molecule has 0 saturated carbocycles. The molecule has 1 aliphatic rings. The minimum atomic E-state index is -0.499. The molecule has 4 heteroatoms. The third kappa shape index (κ3) is 11.0. The molecular formula is C52H52Cl2SiZr-2. The normalized spacial score (nSPS) is 11.9. The standard InChI is InChI=1S/C33H33.C14H14Si.C5H5.2ClH.Zr/c1-32(2,3)30-20-26-24(18-28(30)22-13-9-7-10-14-22)17-25-19-29(23-15-11-8-12-16-23)31(21-27(25)26)33(4,5)6;1-11-5-3-7-13(9-11)15-14-8-4-6-12(2)10-14;1-2-4-5-3-1;;;/h7-21H,1-6H3;3-10H,1-2H3;1-3H,4H2;2*1H;/q-1;;-1;;;+2/p-2. The van der Waals surface area contributed by atoms with Gasteiger partial charge in [0.05, 0.1) is 0 Å². The molecule has 0 unspecified atom stereocenters. The summed E-state index contributed by atoms with van der Waals surface area (Å²) in [6.45, 7) is 18.3. The van der Waals surface area contributed by atoms with E-state index < -0.39 is 5.43 Å². The molecule has 0 aliphatic heterocycles. The predicted octanol–water partition coefficient (Wildman–Crippen LogP) is 6.91. The zero-order valence-electron chi connectivity index (χ0n) is 34.0. The Hall–Kier alpha value is -3.65. The Morgan fingerprint density at radius 1 is 0.554 bits per heavy atom.